The molecule has 1 saturated carbocycles. The van der Waals surface area contributed by atoms with Crippen molar-refractivity contribution in [1.82, 2.24) is 9.80 Å². The zero-order valence-electron chi connectivity index (χ0n) is 17.0. The van der Waals surface area contributed by atoms with E-state index in [0.717, 1.165) is 44.3 Å². The molecule has 0 bridgehead atoms. The second-order valence-corrected chi connectivity index (χ2v) is 8.63. The van der Waals surface area contributed by atoms with Crippen molar-refractivity contribution in [2.45, 2.75) is 57.8 Å². The third-order valence-electron chi connectivity index (χ3n) is 6.29. The molecule has 1 aliphatic heterocycles. The summed E-state index contributed by atoms with van der Waals surface area (Å²) in [6.45, 7) is 1.82. The number of benzene rings is 1. The molecular weight excluding hydrogens is 336 g/mol. The molecule has 0 radical (unpaired) electrons. The van der Waals surface area contributed by atoms with Crippen LogP contribution in [0.2, 0.25) is 0 Å². The molecular formula is C23H34N2O2. The van der Waals surface area contributed by atoms with Crippen LogP contribution in [0.3, 0.4) is 0 Å². The van der Waals surface area contributed by atoms with Gasteiger partial charge >= 0.3 is 0 Å². The summed E-state index contributed by atoms with van der Waals surface area (Å²) in [6, 6.07) is 8.02. The molecule has 0 spiro atoms. The fraction of sp³-hybridized carbons (Fsp3) is 0.652. The van der Waals surface area contributed by atoms with Crippen LogP contribution in [0.15, 0.2) is 24.3 Å². The van der Waals surface area contributed by atoms with Crippen LogP contribution in [0.4, 0.5) is 0 Å². The Bertz CT molecular complexity index is 624. The second-order valence-electron chi connectivity index (χ2n) is 8.63. The average molecular weight is 371 g/mol. The standard InChI is InChI=1S/C23H34N2O2/c1-24(2)23(27)21-10-8-19(9-11-21)16-20-12-14-25(15-13-20)22(26)17-18-6-4-3-5-7-18/h8-11,18,20H,3-7,12-17H2,1-2H3. The fourth-order valence-corrected chi connectivity index (χ4v) is 4.53. The highest BCUT2D eigenvalue weighted by Crippen LogP contribution is 2.28. The first-order valence-electron chi connectivity index (χ1n) is 10.6. The highest BCUT2D eigenvalue weighted by atomic mass is 16.2. The van der Waals surface area contributed by atoms with Crippen LogP contribution in [0.25, 0.3) is 0 Å². The Kier molecular flexibility index (Phi) is 6.92. The van der Waals surface area contributed by atoms with E-state index in [4.69, 9.17) is 0 Å². The van der Waals surface area contributed by atoms with Crippen molar-refractivity contribution >= 4 is 11.8 Å². The average Bonchev–Trinajstić information content (AvgIpc) is 2.69. The first-order chi connectivity index (χ1) is 13.0. The van der Waals surface area contributed by atoms with Gasteiger partial charge in [-0.05, 0) is 61.6 Å². The summed E-state index contributed by atoms with van der Waals surface area (Å²) in [5, 5.41) is 0. The van der Waals surface area contributed by atoms with Crippen molar-refractivity contribution in [3.63, 3.8) is 0 Å². The van der Waals surface area contributed by atoms with Gasteiger partial charge in [-0.2, -0.15) is 0 Å². The minimum atomic E-state index is 0.0475. The molecule has 1 aromatic rings. The Balaban J connectivity index is 1.43. The summed E-state index contributed by atoms with van der Waals surface area (Å²) in [7, 11) is 3.55. The minimum Gasteiger partial charge on any atom is -0.345 e. The van der Waals surface area contributed by atoms with Crippen molar-refractivity contribution in [2.24, 2.45) is 11.8 Å². The van der Waals surface area contributed by atoms with Crippen LogP contribution in [0.5, 0.6) is 0 Å². The Labute approximate surface area is 163 Å². The number of amides is 2. The third kappa shape index (κ3) is 5.57. The molecule has 4 nitrogen and oxygen atoms in total. The predicted octanol–water partition coefficient (Wildman–Crippen LogP) is 4.14. The molecule has 148 valence electrons. The summed E-state index contributed by atoms with van der Waals surface area (Å²) in [4.78, 5) is 28.3. The second kappa shape index (κ2) is 9.38. The molecule has 1 heterocycles. The van der Waals surface area contributed by atoms with Crippen LogP contribution in [0, 0.1) is 11.8 Å². The van der Waals surface area contributed by atoms with Crippen LogP contribution in [-0.2, 0) is 11.2 Å². The van der Waals surface area contributed by atoms with E-state index >= 15 is 0 Å². The van der Waals surface area contributed by atoms with Crippen molar-refractivity contribution in [3.05, 3.63) is 35.4 Å². The maximum atomic E-state index is 12.6. The Morgan fingerprint density at radius 3 is 2.15 bits per heavy atom. The normalized spacial score (nSPS) is 19.1. The lowest BCUT2D eigenvalue weighted by Crippen LogP contribution is -2.39. The number of hydrogen-bond donors (Lipinski definition) is 0. The number of rotatable bonds is 5. The van der Waals surface area contributed by atoms with E-state index in [2.05, 4.69) is 17.0 Å². The Morgan fingerprint density at radius 1 is 0.926 bits per heavy atom. The highest BCUT2D eigenvalue weighted by Gasteiger charge is 2.25. The molecule has 3 rings (SSSR count). The Hall–Kier alpha value is -1.84. The van der Waals surface area contributed by atoms with Gasteiger partial charge in [0.05, 0.1) is 0 Å². The molecule has 1 saturated heterocycles. The van der Waals surface area contributed by atoms with E-state index in [0.29, 0.717) is 17.7 Å². The van der Waals surface area contributed by atoms with Gasteiger partial charge in [-0.15, -0.1) is 0 Å². The van der Waals surface area contributed by atoms with Crippen molar-refractivity contribution in [1.29, 1.82) is 0 Å². The lowest BCUT2D eigenvalue weighted by atomic mass is 9.86. The van der Waals surface area contributed by atoms with Crippen LogP contribution >= 0.6 is 0 Å². The third-order valence-corrected chi connectivity index (χ3v) is 6.29. The lowest BCUT2D eigenvalue weighted by molar-refractivity contribution is -0.133. The molecule has 2 fully saturated rings. The van der Waals surface area contributed by atoms with Gasteiger partial charge in [0, 0.05) is 39.2 Å². The maximum Gasteiger partial charge on any atom is 0.253 e. The van der Waals surface area contributed by atoms with Crippen LogP contribution in [-0.4, -0.2) is 48.8 Å². The first-order valence-corrected chi connectivity index (χ1v) is 10.6. The summed E-state index contributed by atoms with van der Waals surface area (Å²) in [6.07, 6.45) is 10.4. The van der Waals surface area contributed by atoms with Crippen molar-refractivity contribution < 1.29 is 9.59 Å². The fourth-order valence-electron chi connectivity index (χ4n) is 4.53. The molecule has 0 unspecified atom stereocenters. The van der Waals surface area contributed by atoms with Crippen molar-refractivity contribution in [2.75, 3.05) is 27.2 Å². The van der Waals surface area contributed by atoms with Crippen LogP contribution in [0.1, 0.15) is 67.3 Å². The number of hydrogen-bond acceptors (Lipinski definition) is 2. The van der Waals surface area contributed by atoms with Gasteiger partial charge in [-0.3, -0.25) is 9.59 Å². The van der Waals surface area contributed by atoms with Gasteiger partial charge in [0.2, 0.25) is 5.91 Å². The number of likely N-dealkylation sites (tertiary alicyclic amines) is 1. The summed E-state index contributed by atoms with van der Waals surface area (Å²) in [5.41, 5.74) is 2.03. The monoisotopic (exact) mass is 370 g/mol. The van der Waals surface area contributed by atoms with Gasteiger partial charge in [0.1, 0.15) is 0 Å². The largest absolute Gasteiger partial charge is 0.345 e. The topological polar surface area (TPSA) is 40.6 Å². The van der Waals surface area contributed by atoms with Crippen molar-refractivity contribution in [3.8, 4) is 0 Å². The van der Waals surface area contributed by atoms with Gasteiger partial charge in [-0.25, -0.2) is 0 Å². The summed E-state index contributed by atoms with van der Waals surface area (Å²) in [5.74, 6) is 1.70. The van der Waals surface area contributed by atoms with Gasteiger partial charge in [-0.1, -0.05) is 31.4 Å². The van der Waals surface area contributed by atoms with E-state index in [9.17, 15) is 9.59 Å². The number of carbonyl (C=O) groups is 2. The summed E-state index contributed by atoms with van der Waals surface area (Å²) >= 11 is 0. The number of piperidine rings is 1. The Morgan fingerprint density at radius 2 is 1.56 bits per heavy atom. The highest BCUT2D eigenvalue weighted by molar-refractivity contribution is 5.93. The van der Waals surface area contributed by atoms with Gasteiger partial charge in [0.15, 0.2) is 0 Å². The molecule has 1 aliphatic carbocycles. The summed E-state index contributed by atoms with van der Waals surface area (Å²) < 4.78 is 0. The predicted molar refractivity (Wildman–Crippen MR) is 109 cm³/mol. The van der Waals surface area contributed by atoms with E-state index in [-0.39, 0.29) is 5.91 Å². The van der Waals surface area contributed by atoms with Gasteiger partial charge in [0.25, 0.3) is 5.91 Å². The molecule has 27 heavy (non-hydrogen) atoms. The maximum absolute atomic E-state index is 12.6. The minimum absolute atomic E-state index is 0.0475. The smallest absolute Gasteiger partial charge is 0.253 e. The SMILES string of the molecule is CN(C)C(=O)c1ccc(CC2CCN(C(=O)CC3CCCCC3)CC2)cc1. The van der Waals surface area contributed by atoms with Gasteiger partial charge < -0.3 is 9.80 Å². The number of carbonyl (C=O) groups excluding carboxylic acids is 2. The molecule has 1 aromatic carbocycles. The first kappa shape index (κ1) is 19.9. The van der Waals surface area contributed by atoms with E-state index in [1.165, 1.54) is 37.7 Å². The molecule has 0 atom stereocenters. The molecule has 4 heteroatoms. The van der Waals surface area contributed by atoms with E-state index in [1.54, 1.807) is 19.0 Å². The molecule has 2 aliphatic rings. The number of nitrogens with zero attached hydrogens (tertiary/aromatic N) is 2. The molecule has 2 amide bonds. The van der Waals surface area contributed by atoms with E-state index in [1.807, 2.05) is 12.1 Å². The van der Waals surface area contributed by atoms with E-state index < -0.39 is 0 Å². The van der Waals surface area contributed by atoms with Crippen LogP contribution < -0.4 is 0 Å². The quantitative estimate of drug-likeness (QED) is 0.781. The zero-order chi connectivity index (χ0) is 19.2. The molecule has 0 N–H and O–H groups in total. The lowest BCUT2D eigenvalue weighted by Gasteiger charge is -2.33. The zero-order valence-corrected chi connectivity index (χ0v) is 17.0. The molecule has 0 aromatic heterocycles.